The molecule has 2 rings (SSSR count). The fraction of sp³-hybridized carbons (Fsp3) is 0.235. The predicted molar refractivity (Wildman–Crippen MR) is 82.9 cm³/mol. The number of carbonyl (C=O) groups is 1. The highest BCUT2D eigenvalue weighted by atomic mass is 19.1. The van der Waals surface area contributed by atoms with Gasteiger partial charge in [0.2, 0.25) is 0 Å². The summed E-state index contributed by atoms with van der Waals surface area (Å²) in [6.45, 7) is 4.61. The van der Waals surface area contributed by atoms with Crippen LogP contribution in [0.2, 0.25) is 0 Å². The molecule has 0 saturated carbocycles. The number of benzene rings is 2. The molecule has 3 nitrogen and oxygen atoms in total. The zero-order valence-electron chi connectivity index (χ0n) is 12.2. The lowest BCUT2D eigenvalue weighted by Gasteiger charge is -2.15. The van der Waals surface area contributed by atoms with Crippen molar-refractivity contribution in [3.05, 3.63) is 65.5 Å². The van der Waals surface area contributed by atoms with E-state index in [0.29, 0.717) is 11.1 Å². The van der Waals surface area contributed by atoms with Gasteiger partial charge in [-0.05, 0) is 44.2 Å². The van der Waals surface area contributed by atoms with Gasteiger partial charge in [0, 0.05) is 23.4 Å². The molecule has 1 amide bonds. The van der Waals surface area contributed by atoms with Gasteiger partial charge in [-0.25, -0.2) is 4.39 Å². The summed E-state index contributed by atoms with van der Waals surface area (Å²) in [6, 6.07) is 13.3. The van der Waals surface area contributed by atoms with E-state index in [9.17, 15) is 9.18 Å². The molecule has 4 heteroatoms. The molecule has 0 fully saturated rings. The first-order valence-corrected chi connectivity index (χ1v) is 7.01. The van der Waals surface area contributed by atoms with E-state index in [4.69, 9.17) is 0 Å². The lowest BCUT2D eigenvalue weighted by atomic mass is 10.1. The van der Waals surface area contributed by atoms with E-state index >= 15 is 0 Å². The van der Waals surface area contributed by atoms with E-state index in [2.05, 4.69) is 10.6 Å². The molecule has 21 heavy (non-hydrogen) atoms. The summed E-state index contributed by atoms with van der Waals surface area (Å²) in [7, 11) is 0. The predicted octanol–water partition coefficient (Wildman–Crippen LogP) is 3.75. The van der Waals surface area contributed by atoms with Gasteiger partial charge in [0.15, 0.2) is 0 Å². The van der Waals surface area contributed by atoms with Crippen molar-refractivity contribution in [3.8, 4) is 0 Å². The molecule has 2 aromatic rings. The summed E-state index contributed by atoms with van der Waals surface area (Å²) in [5.74, 6) is -0.526. The van der Waals surface area contributed by atoms with E-state index in [-0.39, 0.29) is 17.8 Å². The molecule has 0 spiro atoms. The number of nitrogens with one attached hydrogen (secondary N) is 2. The maximum Gasteiger partial charge on any atom is 0.251 e. The minimum atomic E-state index is -0.382. The Hall–Kier alpha value is -2.36. The summed E-state index contributed by atoms with van der Waals surface area (Å²) >= 11 is 0. The van der Waals surface area contributed by atoms with E-state index in [0.717, 1.165) is 12.2 Å². The second-order valence-electron chi connectivity index (χ2n) is 4.82. The van der Waals surface area contributed by atoms with Gasteiger partial charge in [0.1, 0.15) is 5.82 Å². The van der Waals surface area contributed by atoms with Crippen LogP contribution in [0.1, 0.15) is 35.8 Å². The van der Waals surface area contributed by atoms with Gasteiger partial charge in [-0.3, -0.25) is 4.79 Å². The van der Waals surface area contributed by atoms with Gasteiger partial charge in [0.05, 0.1) is 6.04 Å². The first-order valence-electron chi connectivity index (χ1n) is 7.01. The molecule has 2 aromatic carbocycles. The molecular formula is C17H19FN2O. The molecule has 0 aliphatic carbocycles. The third-order valence-corrected chi connectivity index (χ3v) is 3.25. The van der Waals surface area contributed by atoms with Crippen LogP contribution >= 0.6 is 0 Å². The lowest BCUT2D eigenvalue weighted by Crippen LogP contribution is -2.27. The zero-order chi connectivity index (χ0) is 15.2. The molecule has 1 atom stereocenters. The van der Waals surface area contributed by atoms with Gasteiger partial charge < -0.3 is 10.6 Å². The van der Waals surface area contributed by atoms with Gasteiger partial charge in [0.25, 0.3) is 5.91 Å². The monoisotopic (exact) mass is 286 g/mol. The summed E-state index contributed by atoms with van der Waals surface area (Å²) in [6.07, 6.45) is 0. The minimum Gasteiger partial charge on any atom is -0.385 e. The molecule has 110 valence electrons. The zero-order valence-corrected chi connectivity index (χ0v) is 12.2. The first-order chi connectivity index (χ1) is 10.1. The number of amides is 1. The first kappa shape index (κ1) is 15.0. The average molecular weight is 286 g/mol. The molecule has 0 heterocycles. The number of rotatable bonds is 5. The molecule has 2 N–H and O–H groups in total. The van der Waals surface area contributed by atoms with E-state index in [1.807, 2.05) is 19.1 Å². The minimum absolute atomic E-state index is 0.214. The van der Waals surface area contributed by atoms with Crippen LogP contribution in [-0.4, -0.2) is 12.5 Å². The van der Waals surface area contributed by atoms with Crippen LogP contribution in [0.15, 0.2) is 48.5 Å². The number of anilines is 1. The highest BCUT2D eigenvalue weighted by Gasteiger charge is 2.14. The van der Waals surface area contributed by atoms with E-state index in [1.54, 1.807) is 37.3 Å². The Morgan fingerprint density at radius 3 is 2.43 bits per heavy atom. The van der Waals surface area contributed by atoms with Crippen LogP contribution < -0.4 is 10.6 Å². The fourth-order valence-electron chi connectivity index (χ4n) is 2.13. The van der Waals surface area contributed by atoms with Crippen LogP contribution in [-0.2, 0) is 0 Å². The number of hydrogen-bond acceptors (Lipinski definition) is 2. The molecular weight excluding hydrogens is 267 g/mol. The quantitative estimate of drug-likeness (QED) is 0.879. The molecule has 0 aliphatic rings. The van der Waals surface area contributed by atoms with Gasteiger partial charge >= 0.3 is 0 Å². The van der Waals surface area contributed by atoms with Crippen molar-refractivity contribution in [3.63, 3.8) is 0 Å². The van der Waals surface area contributed by atoms with Gasteiger partial charge in [-0.1, -0.05) is 18.2 Å². The smallest absolute Gasteiger partial charge is 0.251 e. The van der Waals surface area contributed by atoms with Crippen LogP contribution in [0.5, 0.6) is 0 Å². The molecule has 0 aliphatic heterocycles. The third-order valence-electron chi connectivity index (χ3n) is 3.25. The van der Waals surface area contributed by atoms with Crippen LogP contribution in [0.3, 0.4) is 0 Å². The summed E-state index contributed by atoms with van der Waals surface area (Å²) in [5, 5.41) is 5.97. The molecule has 0 bridgehead atoms. The third kappa shape index (κ3) is 3.81. The van der Waals surface area contributed by atoms with Crippen molar-refractivity contribution < 1.29 is 9.18 Å². The van der Waals surface area contributed by atoms with Crippen molar-refractivity contribution >= 4 is 11.6 Å². The van der Waals surface area contributed by atoms with Crippen LogP contribution in [0, 0.1) is 5.82 Å². The van der Waals surface area contributed by atoms with Crippen molar-refractivity contribution in [2.75, 3.05) is 11.9 Å². The standard InChI is InChI=1S/C17H19FN2O/c1-3-19-14-10-8-13(9-11-14)17(21)20-12(2)15-6-4-5-7-16(15)18/h4-12,19H,3H2,1-2H3,(H,20,21). The lowest BCUT2D eigenvalue weighted by molar-refractivity contribution is 0.0939. The van der Waals surface area contributed by atoms with Gasteiger partial charge in [-0.2, -0.15) is 0 Å². The molecule has 1 unspecified atom stereocenters. The number of halogens is 1. The van der Waals surface area contributed by atoms with Crippen LogP contribution in [0.25, 0.3) is 0 Å². The fourth-order valence-corrected chi connectivity index (χ4v) is 2.13. The van der Waals surface area contributed by atoms with Crippen molar-refractivity contribution in [1.29, 1.82) is 0 Å². The Balaban J connectivity index is 2.05. The SMILES string of the molecule is CCNc1ccc(C(=O)NC(C)c2ccccc2F)cc1. The second kappa shape index (κ2) is 6.88. The Labute approximate surface area is 124 Å². The normalized spacial score (nSPS) is 11.8. The van der Waals surface area contributed by atoms with Gasteiger partial charge in [-0.15, -0.1) is 0 Å². The highest BCUT2D eigenvalue weighted by Crippen LogP contribution is 2.17. The molecule has 0 saturated heterocycles. The Bertz CT molecular complexity index is 610. The van der Waals surface area contributed by atoms with Crippen molar-refractivity contribution in [2.45, 2.75) is 19.9 Å². The summed E-state index contributed by atoms with van der Waals surface area (Å²) in [4.78, 5) is 12.2. The molecule has 0 radical (unpaired) electrons. The Morgan fingerprint density at radius 2 is 1.81 bits per heavy atom. The second-order valence-corrected chi connectivity index (χ2v) is 4.82. The number of hydrogen-bond donors (Lipinski definition) is 2. The maximum atomic E-state index is 13.7. The van der Waals surface area contributed by atoms with Crippen molar-refractivity contribution in [1.82, 2.24) is 5.32 Å². The largest absolute Gasteiger partial charge is 0.385 e. The van der Waals surface area contributed by atoms with E-state index in [1.165, 1.54) is 6.07 Å². The number of carbonyl (C=O) groups excluding carboxylic acids is 1. The topological polar surface area (TPSA) is 41.1 Å². The average Bonchev–Trinajstić information content (AvgIpc) is 2.48. The molecule has 0 aromatic heterocycles. The maximum absolute atomic E-state index is 13.7. The summed E-state index contributed by atoms with van der Waals surface area (Å²) in [5.41, 5.74) is 2.01. The highest BCUT2D eigenvalue weighted by molar-refractivity contribution is 5.94. The van der Waals surface area contributed by atoms with Crippen LogP contribution in [0.4, 0.5) is 10.1 Å². The Kier molecular flexibility index (Phi) is 4.93. The summed E-state index contributed by atoms with van der Waals surface area (Å²) < 4.78 is 13.7. The Morgan fingerprint density at radius 1 is 1.14 bits per heavy atom. The van der Waals surface area contributed by atoms with Crippen molar-refractivity contribution in [2.24, 2.45) is 0 Å². The van der Waals surface area contributed by atoms with E-state index < -0.39 is 0 Å².